The first-order valence-electron chi connectivity index (χ1n) is 5.46. The lowest BCUT2D eigenvalue weighted by molar-refractivity contribution is 0.285. The fourth-order valence-electron chi connectivity index (χ4n) is 1.54. The number of ether oxygens (including phenoxy) is 1. The molecule has 0 saturated carbocycles. The van der Waals surface area contributed by atoms with Gasteiger partial charge in [0, 0.05) is 11.0 Å². The molecule has 1 aromatic heterocycles. The van der Waals surface area contributed by atoms with Crippen LogP contribution >= 0.6 is 15.9 Å². The third kappa shape index (κ3) is 2.85. The molecule has 0 aliphatic heterocycles. The third-order valence-electron chi connectivity index (χ3n) is 2.50. The van der Waals surface area contributed by atoms with Crippen molar-refractivity contribution in [3.05, 3.63) is 40.4 Å². The summed E-state index contributed by atoms with van der Waals surface area (Å²) in [6.45, 7) is 5.29. The van der Waals surface area contributed by atoms with E-state index in [0.717, 1.165) is 28.2 Å². The molecule has 0 radical (unpaired) electrons. The summed E-state index contributed by atoms with van der Waals surface area (Å²) in [5.74, 6) is 1.71. The maximum absolute atomic E-state index is 5.75. The van der Waals surface area contributed by atoms with E-state index in [9.17, 15) is 0 Å². The van der Waals surface area contributed by atoms with Crippen molar-refractivity contribution in [2.75, 3.05) is 0 Å². The Morgan fingerprint density at radius 2 is 2.24 bits per heavy atom. The summed E-state index contributed by atoms with van der Waals surface area (Å²) in [7, 11) is 0. The molecule has 0 aliphatic rings. The predicted molar refractivity (Wildman–Crippen MR) is 68.9 cm³/mol. The highest BCUT2D eigenvalue weighted by Crippen LogP contribution is 2.23. The Labute approximate surface area is 109 Å². The zero-order chi connectivity index (χ0) is 12.3. The van der Waals surface area contributed by atoms with Gasteiger partial charge in [-0.3, -0.25) is 0 Å². The van der Waals surface area contributed by atoms with Crippen LogP contribution in [-0.2, 0) is 13.2 Å². The molecule has 0 saturated heterocycles. The van der Waals surface area contributed by atoms with Crippen LogP contribution in [0.3, 0.4) is 0 Å². The van der Waals surface area contributed by atoms with Crippen molar-refractivity contribution in [1.29, 1.82) is 0 Å². The highest BCUT2D eigenvalue weighted by molar-refractivity contribution is 9.10. The van der Waals surface area contributed by atoms with Gasteiger partial charge in [0.25, 0.3) is 0 Å². The van der Waals surface area contributed by atoms with E-state index in [2.05, 4.69) is 26.0 Å². The molecule has 1 aromatic carbocycles. The third-order valence-corrected chi connectivity index (χ3v) is 3.00. The predicted octanol–water partition coefficient (Wildman–Crippen LogP) is 2.95. The molecule has 17 heavy (non-hydrogen) atoms. The van der Waals surface area contributed by atoms with Gasteiger partial charge in [-0.05, 0) is 31.5 Å². The van der Waals surface area contributed by atoms with E-state index in [0.29, 0.717) is 6.61 Å². The van der Waals surface area contributed by atoms with Crippen LogP contribution in [0.4, 0.5) is 0 Å². The molecule has 5 heteroatoms. The van der Waals surface area contributed by atoms with E-state index >= 15 is 0 Å². The Kier molecular flexibility index (Phi) is 3.78. The van der Waals surface area contributed by atoms with Gasteiger partial charge in [0.2, 0.25) is 0 Å². The van der Waals surface area contributed by atoms with Crippen molar-refractivity contribution in [3.63, 3.8) is 0 Å². The molecule has 0 N–H and O–H groups in total. The van der Waals surface area contributed by atoms with E-state index in [1.807, 2.05) is 36.7 Å². The minimum atomic E-state index is 0.436. The molecule has 0 spiro atoms. The van der Waals surface area contributed by atoms with Crippen LogP contribution in [0, 0.1) is 6.92 Å². The van der Waals surface area contributed by atoms with Gasteiger partial charge in [0.1, 0.15) is 18.7 Å². The van der Waals surface area contributed by atoms with Crippen LogP contribution in [0.25, 0.3) is 0 Å². The molecule has 0 atom stereocenters. The van der Waals surface area contributed by atoms with Crippen LogP contribution in [0.15, 0.2) is 29.0 Å². The van der Waals surface area contributed by atoms with Crippen LogP contribution in [0.5, 0.6) is 5.75 Å². The Hall–Kier alpha value is -1.36. The molecule has 0 aliphatic carbocycles. The van der Waals surface area contributed by atoms with Gasteiger partial charge in [-0.2, -0.15) is 5.10 Å². The lowest BCUT2D eigenvalue weighted by Crippen LogP contribution is -2.07. The number of hydrogen-bond acceptors (Lipinski definition) is 3. The number of benzene rings is 1. The van der Waals surface area contributed by atoms with Crippen molar-refractivity contribution >= 4 is 15.9 Å². The topological polar surface area (TPSA) is 39.9 Å². The average molecular weight is 296 g/mol. The second-order valence-electron chi connectivity index (χ2n) is 3.69. The SMILES string of the molecule is CCn1ncnc1COc1cc(Br)ccc1C. The molecule has 1 heterocycles. The zero-order valence-electron chi connectivity index (χ0n) is 9.85. The molecule has 2 aromatic rings. The van der Waals surface area contributed by atoms with E-state index in [4.69, 9.17) is 4.74 Å². The second-order valence-corrected chi connectivity index (χ2v) is 4.61. The lowest BCUT2D eigenvalue weighted by Gasteiger charge is -2.09. The van der Waals surface area contributed by atoms with Crippen molar-refractivity contribution in [2.45, 2.75) is 27.0 Å². The first-order valence-corrected chi connectivity index (χ1v) is 6.25. The molecule has 0 unspecified atom stereocenters. The standard InChI is InChI=1S/C12H14BrN3O/c1-3-16-12(14-8-15-16)7-17-11-6-10(13)5-4-9(11)2/h4-6,8H,3,7H2,1-2H3. The van der Waals surface area contributed by atoms with Crippen LogP contribution in [0.1, 0.15) is 18.3 Å². The van der Waals surface area contributed by atoms with Gasteiger partial charge in [-0.15, -0.1) is 0 Å². The summed E-state index contributed by atoms with van der Waals surface area (Å²) < 4.78 is 8.59. The Bertz CT molecular complexity index is 510. The van der Waals surface area contributed by atoms with Gasteiger partial charge in [0.05, 0.1) is 0 Å². The first-order chi connectivity index (χ1) is 8.20. The molecule has 0 amide bonds. The molecular weight excluding hydrogens is 282 g/mol. The van der Waals surface area contributed by atoms with Crippen LogP contribution in [0.2, 0.25) is 0 Å². The minimum absolute atomic E-state index is 0.436. The Morgan fingerprint density at radius 1 is 1.41 bits per heavy atom. The van der Waals surface area contributed by atoms with E-state index in [-0.39, 0.29) is 0 Å². The molecule has 0 bridgehead atoms. The number of nitrogens with zero attached hydrogens (tertiary/aromatic N) is 3. The summed E-state index contributed by atoms with van der Waals surface area (Å²) in [5, 5.41) is 4.10. The fourth-order valence-corrected chi connectivity index (χ4v) is 1.88. The molecule has 4 nitrogen and oxygen atoms in total. The lowest BCUT2D eigenvalue weighted by atomic mass is 10.2. The summed E-state index contributed by atoms with van der Waals surface area (Å²) in [6.07, 6.45) is 1.55. The average Bonchev–Trinajstić information content (AvgIpc) is 2.77. The van der Waals surface area contributed by atoms with Crippen LogP contribution < -0.4 is 4.74 Å². The second kappa shape index (κ2) is 5.31. The monoisotopic (exact) mass is 295 g/mol. The molecule has 0 fully saturated rings. The number of rotatable bonds is 4. The molecule has 90 valence electrons. The summed E-state index contributed by atoms with van der Waals surface area (Å²) >= 11 is 3.43. The highest BCUT2D eigenvalue weighted by atomic mass is 79.9. The molecule has 2 rings (SSSR count). The number of hydrogen-bond donors (Lipinski definition) is 0. The summed E-state index contributed by atoms with van der Waals surface area (Å²) in [5.41, 5.74) is 1.11. The largest absolute Gasteiger partial charge is 0.485 e. The Balaban J connectivity index is 2.09. The van der Waals surface area contributed by atoms with E-state index in [1.54, 1.807) is 6.33 Å². The van der Waals surface area contributed by atoms with E-state index in [1.165, 1.54) is 0 Å². The van der Waals surface area contributed by atoms with E-state index < -0.39 is 0 Å². The fraction of sp³-hybridized carbons (Fsp3) is 0.333. The van der Waals surface area contributed by atoms with Gasteiger partial charge in [-0.25, -0.2) is 9.67 Å². The number of aromatic nitrogens is 3. The van der Waals surface area contributed by atoms with Crippen molar-refractivity contribution in [1.82, 2.24) is 14.8 Å². The van der Waals surface area contributed by atoms with Crippen molar-refractivity contribution in [3.8, 4) is 5.75 Å². The smallest absolute Gasteiger partial charge is 0.164 e. The minimum Gasteiger partial charge on any atom is -0.485 e. The van der Waals surface area contributed by atoms with Crippen molar-refractivity contribution in [2.24, 2.45) is 0 Å². The Morgan fingerprint density at radius 3 is 3.00 bits per heavy atom. The molecular formula is C12H14BrN3O. The van der Waals surface area contributed by atoms with Gasteiger partial charge in [-0.1, -0.05) is 22.0 Å². The van der Waals surface area contributed by atoms with Gasteiger partial charge in [0.15, 0.2) is 5.82 Å². The maximum Gasteiger partial charge on any atom is 0.164 e. The summed E-state index contributed by atoms with van der Waals surface area (Å²) in [4.78, 5) is 4.17. The quantitative estimate of drug-likeness (QED) is 0.871. The normalized spacial score (nSPS) is 10.5. The van der Waals surface area contributed by atoms with Crippen LogP contribution in [-0.4, -0.2) is 14.8 Å². The first kappa shape index (κ1) is 12.1. The zero-order valence-corrected chi connectivity index (χ0v) is 11.4. The summed E-state index contributed by atoms with van der Waals surface area (Å²) in [6, 6.07) is 5.97. The maximum atomic E-state index is 5.75. The number of aryl methyl sites for hydroxylation is 2. The highest BCUT2D eigenvalue weighted by Gasteiger charge is 2.05. The van der Waals surface area contributed by atoms with Gasteiger partial charge >= 0.3 is 0 Å². The van der Waals surface area contributed by atoms with Gasteiger partial charge < -0.3 is 4.74 Å². The number of halogens is 1. The van der Waals surface area contributed by atoms with Crippen molar-refractivity contribution < 1.29 is 4.74 Å².